The normalized spacial score (nSPS) is 15.4. The highest BCUT2D eigenvalue weighted by Gasteiger charge is 2.26. The molecule has 0 aliphatic heterocycles. The van der Waals surface area contributed by atoms with Gasteiger partial charge in [0.1, 0.15) is 0 Å². The van der Waals surface area contributed by atoms with Crippen LogP contribution in [0.3, 0.4) is 0 Å². The van der Waals surface area contributed by atoms with Crippen LogP contribution >= 0.6 is 15.9 Å². The van der Waals surface area contributed by atoms with Crippen molar-refractivity contribution in [1.82, 2.24) is 5.32 Å². The van der Waals surface area contributed by atoms with Gasteiger partial charge >= 0.3 is 0 Å². The van der Waals surface area contributed by atoms with E-state index in [1.54, 1.807) is 0 Å². The van der Waals surface area contributed by atoms with E-state index in [0.29, 0.717) is 5.75 Å². The largest absolute Gasteiger partial charge is 0.313 e. The van der Waals surface area contributed by atoms with Crippen LogP contribution in [0, 0.1) is 5.41 Å². The lowest BCUT2D eigenvalue weighted by Gasteiger charge is -2.31. The number of halogens is 1. The quantitative estimate of drug-likeness (QED) is 0.893. The lowest BCUT2D eigenvalue weighted by Crippen LogP contribution is -2.44. The van der Waals surface area contributed by atoms with Gasteiger partial charge in [0.25, 0.3) is 0 Å². The van der Waals surface area contributed by atoms with Crippen molar-refractivity contribution in [3.8, 4) is 0 Å². The fraction of sp³-hybridized carbons (Fsp3) is 0.571. The molecule has 1 aromatic rings. The molecule has 4 heteroatoms. The van der Waals surface area contributed by atoms with E-state index in [-0.39, 0.29) is 11.5 Å². The topological polar surface area (TPSA) is 29.1 Å². The van der Waals surface area contributed by atoms with Crippen molar-refractivity contribution >= 4 is 26.7 Å². The van der Waals surface area contributed by atoms with Crippen LogP contribution in [-0.2, 0) is 10.8 Å². The summed E-state index contributed by atoms with van der Waals surface area (Å²) in [5.74, 6) is 0.639. The molecule has 0 amide bonds. The SMILES string of the molecule is CCNC(CS(=O)c1ccccc1Br)C(C)(C)C. The first-order chi connectivity index (χ1) is 8.36. The van der Waals surface area contributed by atoms with E-state index in [0.717, 1.165) is 15.9 Å². The molecule has 0 saturated heterocycles. The summed E-state index contributed by atoms with van der Waals surface area (Å²) in [6.07, 6.45) is 0. The Bertz CT molecular complexity index is 415. The fourth-order valence-electron chi connectivity index (χ4n) is 1.73. The Morgan fingerprint density at radius 2 is 1.94 bits per heavy atom. The molecule has 1 N–H and O–H groups in total. The summed E-state index contributed by atoms with van der Waals surface area (Å²) in [4.78, 5) is 0.879. The van der Waals surface area contributed by atoms with Crippen molar-refractivity contribution in [2.24, 2.45) is 5.41 Å². The third kappa shape index (κ3) is 4.48. The van der Waals surface area contributed by atoms with Gasteiger partial charge in [-0.05, 0) is 40.0 Å². The number of rotatable bonds is 5. The third-order valence-electron chi connectivity index (χ3n) is 2.90. The lowest BCUT2D eigenvalue weighted by molar-refractivity contribution is 0.294. The molecule has 0 aliphatic carbocycles. The van der Waals surface area contributed by atoms with Crippen LogP contribution in [0.5, 0.6) is 0 Å². The Balaban J connectivity index is 2.82. The van der Waals surface area contributed by atoms with Crippen LogP contribution in [0.25, 0.3) is 0 Å². The summed E-state index contributed by atoms with van der Waals surface area (Å²) in [6, 6.07) is 7.97. The summed E-state index contributed by atoms with van der Waals surface area (Å²) >= 11 is 3.46. The van der Waals surface area contributed by atoms with Crippen molar-refractivity contribution < 1.29 is 4.21 Å². The maximum atomic E-state index is 12.4. The summed E-state index contributed by atoms with van der Waals surface area (Å²) < 4.78 is 13.4. The molecule has 0 aromatic heterocycles. The van der Waals surface area contributed by atoms with E-state index in [1.807, 2.05) is 24.3 Å². The van der Waals surface area contributed by atoms with Gasteiger partial charge in [0, 0.05) is 16.3 Å². The molecule has 0 radical (unpaired) electrons. The van der Waals surface area contributed by atoms with Gasteiger partial charge in [0.2, 0.25) is 0 Å². The maximum absolute atomic E-state index is 12.4. The van der Waals surface area contributed by atoms with E-state index >= 15 is 0 Å². The molecule has 0 spiro atoms. The van der Waals surface area contributed by atoms with E-state index in [9.17, 15) is 4.21 Å². The average molecular weight is 332 g/mol. The van der Waals surface area contributed by atoms with Crippen LogP contribution < -0.4 is 5.32 Å². The van der Waals surface area contributed by atoms with Crippen molar-refractivity contribution in [3.05, 3.63) is 28.7 Å². The predicted octanol–water partition coefficient (Wildman–Crippen LogP) is 3.58. The third-order valence-corrected chi connectivity index (χ3v) is 5.33. The minimum Gasteiger partial charge on any atom is -0.313 e. The zero-order chi connectivity index (χ0) is 13.8. The molecule has 1 rings (SSSR count). The Labute approximate surface area is 121 Å². The van der Waals surface area contributed by atoms with E-state index < -0.39 is 10.8 Å². The molecule has 2 atom stereocenters. The minimum absolute atomic E-state index is 0.104. The van der Waals surface area contributed by atoms with Gasteiger partial charge in [-0.15, -0.1) is 0 Å². The molecule has 2 unspecified atom stereocenters. The van der Waals surface area contributed by atoms with Crippen LogP contribution in [-0.4, -0.2) is 22.5 Å². The first kappa shape index (κ1) is 15.9. The fourth-order valence-corrected chi connectivity index (χ4v) is 4.17. The standard InChI is InChI=1S/C14H22BrNOS/c1-5-16-13(14(2,3)4)10-18(17)12-9-7-6-8-11(12)15/h6-9,13,16H,5,10H2,1-4H3. The monoisotopic (exact) mass is 331 g/mol. The van der Waals surface area contributed by atoms with Crippen LogP contribution in [0.2, 0.25) is 0 Å². The number of nitrogens with one attached hydrogen (secondary N) is 1. The smallest absolute Gasteiger partial charge is 0.0556 e. The summed E-state index contributed by atoms with van der Waals surface area (Å²) in [5, 5.41) is 3.43. The Morgan fingerprint density at radius 3 is 2.44 bits per heavy atom. The van der Waals surface area contributed by atoms with Gasteiger partial charge in [-0.1, -0.05) is 39.8 Å². The molecule has 0 aliphatic rings. The summed E-state index contributed by atoms with van der Waals surface area (Å²) in [7, 11) is -0.982. The van der Waals surface area contributed by atoms with E-state index in [2.05, 4.69) is 48.9 Å². The highest BCUT2D eigenvalue weighted by atomic mass is 79.9. The van der Waals surface area contributed by atoms with Crippen molar-refractivity contribution in [2.75, 3.05) is 12.3 Å². The number of hydrogen-bond acceptors (Lipinski definition) is 2. The molecule has 102 valence electrons. The predicted molar refractivity (Wildman–Crippen MR) is 82.3 cm³/mol. The summed E-state index contributed by atoms with van der Waals surface area (Å²) in [5.41, 5.74) is 0.104. The lowest BCUT2D eigenvalue weighted by atomic mass is 9.88. The van der Waals surface area contributed by atoms with E-state index in [4.69, 9.17) is 0 Å². The van der Waals surface area contributed by atoms with Gasteiger partial charge in [0.15, 0.2) is 0 Å². The van der Waals surface area contributed by atoms with Crippen LogP contribution in [0.1, 0.15) is 27.7 Å². The number of benzene rings is 1. The molecule has 2 nitrogen and oxygen atoms in total. The molecule has 0 heterocycles. The van der Waals surface area contributed by atoms with Gasteiger partial charge in [-0.2, -0.15) is 0 Å². The molecular formula is C14H22BrNOS. The van der Waals surface area contributed by atoms with Crippen molar-refractivity contribution in [2.45, 2.75) is 38.6 Å². The van der Waals surface area contributed by atoms with E-state index in [1.165, 1.54) is 0 Å². The first-order valence-corrected chi connectivity index (χ1v) is 8.33. The first-order valence-electron chi connectivity index (χ1n) is 6.22. The number of hydrogen-bond donors (Lipinski definition) is 1. The highest BCUT2D eigenvalue weighted by Crippen LogP contribution is 2.24. The second-order valence-electron chi connectivity index (χ2n) is 5.42. The molecule has 0 saturated carbocycles. The molecule has 18 heavy (non-hydrogen) atoms. The zero-order valence-corrected chi connectivity index (χ0v) is 13.9. The van der Waals surface area contributed by atoms with Crippen LogP contribution in [0.4, 0.5) is 0 Å². The van der Waals surface area contributed by atoms with Crippen molar-refractivity contribution in [3.63, 3.8) is 0 Å². The van der Waals surface area contributed by atoms with Crippen LogP contribution in [0.15, 0.2) is 33.6 Å². The van der Waals surface area contributed by atoms with Gasteiger partial charge in [0.05, 0.1) is 15.7 Å². The Morgan fingerprint density at radius 1 is 1.33 bits per heavy atom. The van der Waals surface area contributed by atoms with Gasteiger partial charge < -0.3 is 5.32 Å². The summed E-state index contributed by atoms with van der Waals surface area (Å²) in [6.45, 7) is 9.52. The second-order valence-corrected chi connectivity index (χ2v) is 7.74. The Kier molecular flexibility index (Phi) is 6.02. The minimum atomic E-state index is -0.982. The second kappa shape index (κ2) is 6.83. The Hall–Kier alpha value is -0.190. The average Bonchev–Trinajstić information content (AvgIpc) is 2.27. The molecule has 1 aromatic carbocycles. The van der Waals surface area contributed by atoms with Gasteiger partial charge in [-0.3, -0.25) is 4.21 Å². The molecule has 0 bridgehead atoms. The molecule has 0 fully saturated rings. The highest BCUT2D eigenvalue weighted by molar-refractivity contribution is 9.10. The zero-order valence-electron chi connectivity index (χ0n) is 11.5. The van der Waals surface area contributed by atoms with Crippen molar-refractivity contribution in [1.29, 1.82) is 0 Å². The maximum Gasteiger partial charge on any atom is 0.0556 e. The van der Waals surface area contributed by atoms with Gasteiger partial charge in [-0.25, -0.2) is 0 Å². The molecular weight excluding hydrogens is 310 g/mol.